The fourth-order valence-electron chi connectivity index (χ4n) is 3.25. The monoisotopic (exact) mass is 327 g/mol. The zero-order valence-corrected chi connectivity index (χ0v) is 13.6. The Bertz CT molecular complexity index is 1090. The molecule has 0 fully saturated rings. The van der Waals surface area contributed by atoms with E-state index in [1.54, 1.807) is 0 Å². The van der Waals surface area contributed by atoms with E-state index in [0.29, 0.717) is 5.56 Å². The summed E-state index contributed by atoms with van der Waals surface area (Å²) in [5.41, 5.74) is 4.25. The summed E-state index contributed by atoms with van der Waals surface area (Å²) in [5.74, 6) is 5.13. The minimum Gasteiger partial charge on any atom is -0.336 e. The van der Waals surface area contributed by atoms with Gasteiger partial charge in [0.15, 0.2) is 5.84 Å². The van der Waals surface area contributed by atoms with Gasteiger partial charge in [0.25, 0.3) is 0 Å². The number of hydrogen-bond donors (Lipinski definition) is 2. The lowest BCUT2D eigenvalue weighted by Crippen LogP contribution is -1.99. The highest BCUT2D eigenvalue weighted by Crippen LogP contribution is 2.30. The first-order chi connectivity index (χ1) is 12.3. The molecule has 0 radical (unpaired) electrons. The summed E-state index contributed by atoms with van der Waals surface area (Å²) in [5, 5.41) is 17.1. The third-order valence-electron chi connectivity index (χ3n) is 4.39. The second kappa shape index (κ2) is 6.20. The van der Waals surface area contributed by atoms with Crippen LogP contribution in [0.5, 0.6) is 0 Å². The van der Waals surface area contributed by atoms with Crippen LogP contribution in [0.1, 0.15) is 11.1 Å². The third kappa shape index (κ3) is 2.65. The second-order valence-electron chi connectivity index (χ2n) is 5.88. The molecule has 0 aliphatic rings. The van der Waals surface area contributed by atoms with E-state index in [1.807, 2.05) is 36.4 Å². The van der Waals surface area contributed by atoms with E-state index in [-0.39, 0.29) is 5.84 Å². The molecule has 0 atom stereocenters. The third-order valence-corrected chi connectivity index (χ3v) is 4.39. The molecule has 5 heteroatoms. The Labute approximate surface area is 144 Å². The molecule has 122 valence electrons. The number of nitrogens with two attached hydrogens (primary N) is 1. The molecule has 3 N–H and O–H groups in total. The number of nitrogens with zero attached hydrogens (tertiary/aromatic N) is 3. The predicted octanol–water partition coefficient (Wildman–Crippen LogP) is 4.49. The van der Waals surface area contributed by atoms with Crippen LogP contribution in [0.15, 0.2) is 83.1 Å². The molecule has 0 amide bonds. The predicted molar refractivity (Wildman–Crippen MR) is 101 cm³/mol. The van der Waals surface area contributed by atoms with Crippen molar-refractivity contribution in [3.63, 3.8) is 0 Å². The van der Waals surface area contributed by atoms with Crippen LogP contribution in [-0.4, -0.2) is 10.4 Å². The Morgan fingerprint density at radius 3 is 2.40 bits per heavy atom. The lowest BCUT2D eigenvalue weighted by molar-refractivity contribution is 0.869. The molecule has 4 rings (SSSR count). The van der Waals surface area contributed by atoms with E-state index in [2.05, 4.69) is 51.3 Å². The van der Waals surface area contributed by atoms with Gasteiger partial charge in [0, 0.05) is 33.9 Å². The molecule has 1 heterocycles. The van der Waals surface area contributed by atoms with Gasteiger partial charge < -0.3 is 10.4 Å². The summed E-state index contributed by atoms with van der Waals surface area (Å²) in [7, 11) is 0. The van der Waals surface area contributed by atoms with Crippen molar-refractivity contribution in [2.45, 2.75) is 6.54 Å². The van der Waals surface area contributed by atoms with Crippen LogP contribution in [-0.2, 0) is 6.54 Å². The summed E-state index contributed by atoms with van der Waals surface area (Å²) in [4.78, 5) is 0. The highest BCUT2D eigenvalue weighted by atomic mass is 15.3. The van der Waals surface area contributed by atoms with Crippen molar-refractivity contribution >= 4 is 27.6 Å². The fourth-order valence-corrected chi connectivity index (χ4v) is 3.25. The molecule has 0 spiro atoms. The van der Waals surface area contributed by atoms with Crippen molar-refractivity contribution in [2.24, 2.45) is 16.2 Å². The van der Waals surface area contributed by atoms with E-state index in [0.717, 1.165) is 22.8 Å². The van der Waals surface area contributed by atoms with Crippen molar-refractivity contribution < 1.29 is 0 Å². The zero-order valence-electron chi connectivity index (χ0n) is 13.6. The van der Waals surface area contributed by atoms with Gasteiger partial charge in [-0.3, -0.25) is 5.41 Å². The molecule has 3 aromatic carbocycles. The molecule has 0 unspecified atom stereocenters. The van der Waals surface area contributed by atoms with Crippen molar-refractivity contribution in [2.75, 3.05) is 0 Å². The molecule has 5 nitrogen and oxygen atoms in total. The summed E-state index contributed by atoms with van der Waals surface area (Å²) < 4.78 is 2.30. The van der Waals surface area contributed by atoms with E-state index in [1.165, 1.54) is 11.1 Å². The second-order valence-corrected chi connectivity index (χ2v) is 5.88. The van der Waals surface area contributed by atoms with Crippen molar-refractivity contribution in [1.82, 2.24) is 4.57 Å². The quantitative estimate of drug-likeness (QED) is 0.188. The number of rotatable bonds is 3. The number of amidine groups is 1. The van der Waals surface area contributed by atoms with Crippen LogP contribution >= 0.6 is 0 Å². The molecule has 0 saturated carbocycles. The Morgan fingerprint density at radius 2 is 1.60 bits per heavy atom. The normalized spacial score (nSPS) is 11.5. The topological polar surface area (TPSA) is 79.5 Å². The van der Waals surface area contributed by atoms with Gasteiger partial charge in [-0.05, 0) is 29.8 Å². The van der Waals surface area contributed by atoms with Gasteiger partial charge in [-0.25, -0.2) is 0 Å². The molecule has 0 aliphatic heterocycles. The van der Waals surface area contributed by atoms with E-state index in [9.17, 15) is 0 Å². The SMILES string of the molecule is N=C(N=NN)c1ccc2c(c1)c1ccccc1n2Cc1ccccc1. The van der Waals surface area contributed by atoms with Crippen LogP contribution in [0, 0.1) is 5.41 Å². The molecular weight excluding hydrogens is 310 g/mol. The van der Waals surface area contributed by atoms with Gasteiger partial charge in [-0.2, -0.15) is 0 Å². The maximum atomic E-state index is 7.95. The minimum atomic E-state index is 0.0595. The van der Waals surface area contributed by atoms with Gasteiger partial charge in [-0.1, -0.05) is 53.8 Å². The van der Waals surface area contributed by atoms with Crippen molar-refractivity contribution in [3.8, 4) is 0 Å². The molecule has 0 saturated heterocycles. The van der Waals surface area contributed by atoms with Gasteiger partial charge in [0.05, 0.1) is 0 Å². The average Bonchev–Trinajstić information content (AvgIpc) is 2.96. The number of nitrogens with one attached hydrogen (secondary N) is 1. The highest BCUT2D eigenvalue weighted by molar-refractivity contribution is 6.11. The zero-order chi connectivity index (χ0) is 17.2. The van der Waals surface area contributed by atoms with Gasteiger partial charge in [0.2, 0.25) is 0 Å². The first kappa shape index (κ1) is 15.1. The average molecular weight is 327 g/mol. The van der Waals surface area contributed by atoms with Crippen molar-refractivity contribution in [1.29, 1.82) is 5.41 Å². The number of hydrogen-bond acceptors (Lipinski definition) is 2. The van der Waals surface area contributed by atoms with E-state index < -0.39 is 0 Å². The van der Waals surface area contributed by atoms with Crippen LogP contribution in [0.25, 0.3) is 21.8 Å². The molecule has 0 aliphatic carbocycles. The number of benzene rings is 3. The standard InChI is InChI=1S/C20H17N5/c21-20(23-24-22)15-10-11-19-17(12-15)16-8-4-5-9-18(16)25(19)13-14-6-2-1-3-7-14/h1-12H,13H2,(H3,21,22,23). The maximum absolute atomic E-state index is 7.95. The van der Waals surface area contributed by atoms with Crippen LogP contribution in [0.4, 0.5) is 0 Å². The van der Waals surface area contributed by atoms with Crippen LogP contribution in [0.2, 0.25) is 0 Å². The minimum absolute atomic E-state index is 0.0595. The molecule has 25 heavy (non-hydrogen) atoms. The Balaban J connectivity index is 1.93. The van der Waals surface area contributed by atoms with E-state index >= 15 is 0 Å². The van der Waals surface area contributed by atoms with Crippen LogP contribution in [0.3, 0.4) is 0 Å². The Morgan fingerprint density at radius 1 is 0.880 bits per heavy atom. The number of aromatic nitrogens is 1. The maximum Gasteiger partial charge on any atom is 0.176 e. The molecule has 1 aromatic heterocycles. The largest absolute Gasteiger partial charge is 0.336 e. The lowest BCUT2D eigenvalue weighted by Gasteiger charge is -2.08. The molecular formula is C20H17N5. The first-order valence-corrected chi connectivity index (χ1v) is 8.02. The summed E-state index contributed by atoms with van der Waals surface area (Å²) in [6, 6.07) is 24.6. The Kier molecular flexibility index (Phi) is 3.74. The van der Waals surface area contributed by atoms with E-state index in [4.69, 9.17) is 11.3 Å². The van der Waals surface area contributed by atoms with Gasteiger partial charge in [0.1, 0.15) is 0 Å². The van der Waals surface area contributed by atoms with Gasteiger partial charge in [-0.15, -0.1) is 5.11 Å². The summed E-state index contributed by atoms with van der Waals surface area (Å²) in [6.07, 6.45) is 0. The summed E-state index contributed by atoms with van der Waals surface area (Å²) in [6.45, 7) is 0.796. The molecule has 0 bridgehead atoms. The molecule has 4 aromatic rings. The van der Waals surface area contributed by atoms with Crippen LogP contribution < -0.4 is 5.84 Å². The number of fused-ring (bicyclic) bond motifs is 3. The van der Waals surface area contributed by atoms with Crippen molar-refractivity contribution in [3.05, 3.63) is 83.9 Å². The highest BCUT2D eigenvalue weighted by Gasteiger charge is 2.12. The number of para-hydroxylation sites is 1. The Hall–Kier alpha value is -3.47. The lowest BCUT2D eigenvalue weighted by atomic mass is 10.1. The summed E-state index contributed by atoms with van der Waals surface area (Å²) >= 11 is 0. The smallest absolute Gasteiger partial charge is 0.176 e. The first-order valence-electron chi connectivity index (χ1n) is 8.02. The van der Waals surface area contributed by atoms with Gasteiger partial charge >= 0.3 is 0 Å². The fraction of sp³-hybridized carbons (Fsp3) is 0.0500.